The van der Waals surface area contributed by atoms with Gasteiger partial charge in [0.15, 0.2) is 12.3 Å². The summed E-state index contributed by atoms with van der Waals surface area (Å²) >= 11 is 0. The highest BCUT2D eigenvalue weighted by Gasteiger charge is 2.19. The topological polar surface area (TPSA) is 83.2 Å². The zero-order valence-corrected chi connectivity index (χ0v) is 19.4. The molecule has 0 aliphatic heterocycles. The average molecular weight is 474 g/mol. The number of ketones is 1. The van der Waals surface area contributed by atoms with Gasteiger partial charge in [-0.15, -0.1) is 0 Å². The summed E-state index contributed by atoms with van der Waals surface area (Å²) in [5.41, 5.74) is 3.37. The third-order valence-electron chi connectivity index (χ3n) is 5.71. The molecule has 0 unspecified atom stereocenters. The number of carbonyl (C=O) groups excluding carboxylic acids is 2. The second-order valence-corrected chi connectivity index (χ2v) is 8.20. The molecule has 0 N–H and O–H groups in total. The molecule has 0 radical (unpaired) electrons. The van der Waals surface area contributed by atoms with Crippen molar-refractivity contribution in [1.29, 1.82) is 0 Å². The summed E-state index contributed by atoms with van der Waals surface area (Å²) in [6, 6.07) is 19.7. The van der Waals surface area contributed by atoms with E-state index in [0.29, 0.717) is 12.1 Å². The summed E-state index contributed by atoms with van der Waals surface area (Å²) in [6.45, 7) is 3.92. The van der Waals surface area contributed by atoms with E-state index in [0.717, 1.165) is 22.5 Å². The minimum absolute atomic E-state index is 0.0601. The van der Waals surface area contributed by atoms with Crippen LogP contribution in [0.5, 0.6) is 0 Å². The third-order valence-corrected chi connectivity index (χ3v) is 5.71. The molecule has 2 aromatic heterocycles. The molecular weight excluding hydrogens is 449 g/mol. The Balaban J connectivity index is 1.43. The first-order valence-electron chi connectivity index (χ1n) is 11.1. The van der Waals surface area contributed by atoms with Gasteiger partial charge in [-0.25, -0.2) is 13.9 Å². The molecule has 0 fully saturated rings. The fourth-order valence-corrected chi connectivity index (χ4v) is 3.81. The number of ether oxygens (including phenoxy) is 1. The number of esters is 1. The molecule has 0 aliphatic carbocycles. The van der Waals surface area contributed by atoms with Crippen molar-refractivity contribution in [2.75, 3.05) is 6.61 Å². The maximum Gasteiger partial charge on any atom is 0.359 e. The average Bonchev–Trinajstić information content (AvgIpc) is 3.14. The van der Waals surface area contributed by atoms with Crippen LogP contribution in [0.2, 0.25) is 0 Å². The number of aromatic nitrogens is 3. The Morgan fingerprint density at radius 2 is 1.60 bits per heavy atom. The highest BCUT2D eigenvalue weighted by molar-refractivity contribution is 6.00. The standard InChI is InChI=1S/C27H24FN3O4/c1-18-14-23(19(2)30(18)15-21-8-10-22(28)11-9-21)25(32)17-35-27(34)24-12-13-26(33)31(29-24)16-20-6-4-3-5-7-20/h3-14H,15-17H2,1-2H3. The number of hydrogen-bond acceptors (Lipinski definition) is 5. The van der Waals surface area contributed by atoms with E-state index >= 15 is 0 Å². The van der Waals surface area contributed by atoms with Gasteiger partial charge in [-0.3, -0.25) is 9.59 Å². The predicted molar refractivity (Wildman–Crippen MR) is 128 cm³/mol. The monoisotopic (exact) mass is 473 g/mol. The molecule has 0 bridgehead atoms. The molecule has 8 heteroatoms. The molecule has 2 aromatic carbocycles. The van der Waals surface area contributed by atoms with Gasteiger partial charge in [-0.2, -0.15) is 5.10 Å². The molecule has 0 aliphatic rings. The maximum absolute atomic E-state index is 13.2. The lowest BCUT2D eigenvalue weighted by molar-refractivity contribution is 0.0466. The van der Waals surface area contributed by atoms with E-state index in [-0.39, 0.29) is 29.4 Å². The predicted octanol–water partition coefficient (Wildman–Crippen LogP) is 3.94. The van der Waals surface area contributed by atoms with Gasteiger partial charge in [-0.05, 0) is 49.2 Å². The molecule has 4 aromatic rings. The smallest absolute Gasteiger partial charge is 0.359 e. The SMILES string of the molecule is Cc1cc(C(=O)COC(=O)c2ccc(=O)n(Cc3ccccc3)n2)c(C)n1Cc1ccc(F)cc1. The lowest BCUT2D eigenvalue weighted by Gasteiger charge is -2.10. The van der Waals surface area contributed by atoms with E-state index in [9.17, 15) is 18.8 Å². The molecule has 35 heavy (non-hydrogen) atoms. The van der Waals surface area contributed by atoms with Crippen LogP contribution < -0.4 is 5.56 Å². The Hall–Kier alpha value is -4.33. The number of nitrogens with zero attached hydrogens (tertiary/aromatic N) is 3. The minimum atomic E-state index is -0.791. The van der Waals surface area contributed by atoms with Crippen molar-refractivity contribution in [3.8, 4) is 0 Å². The van der Waals surface area contributed by atoms with Crippen LogP contribution in [0.15, 0.2) is 77.6 Å². The molecule has 2 heterocycles. The van der Waals surface area contributed by atoms with Crippen molar-refractivity contribution in [1.82, 2.24) is 14.3 Å². The summed E-state index contributed by atoms with van der Waals surface area (Å²) in [4.78, 5) is 37.5. The molecule has 0 atom stereocenters. The third kappa shape index (κ3) is 5.60. The molecule has 0 spiro atoms. The first kappa shape index (κ1) is 23.8. The fraction of sp³-hybridized carbons (Fsp3) is 0.185. The zero-order chi connectivity index (χ0) is 24.9. The van der Waals surface area contributed by atoms with Crippen molar-refractivity contribution < 1.29 is 18.7 Å². The summed E-state index contributed by atoms with van der Waals surface area (Å²) in [6.07, 6.45) is 0. The number of carbonyl (C=O) groups is 2. The van der Waals surface area contributed by atoms with Crippen molar-refractivity contribution in [3.63, 3.8) is 0 Å². The first-order chi connectivity index (χ1) is 16.8. The Kier molecular flexibility index (Phi) is 7.01. The van der Waals surface area contributed by atoms with Gasteiger partial charge >= 0.3 is 5.97 Å². The highest BCUT2D eigenvalue weighted by atomic mass is 19.1. The quantitative estimate of drug-likeness (QED) is 0.286. The Morgan fingerprint density at radius 3 is 2.31 bits per heavy atom. The molecule has 0 saturated heterocycles. The van der Waals surface area contributed by atoms with Crippen molar-refractivity contribution in [2.45, 2.75) is 26.9 Å². The van der Waals surface area contributed by atoms with Crippen LogP contribution in [0.1, 0.15) is 43.4 Å². The second-order valence-electron chi connectivity index (χ2n) is 8.20. The number of benzene rings is 2. The number of rotatable bonds is 8. The number of hydrogen-bond donors (Lipinski definition) is 0. The number of Topliss-reactive ketones (excluding diaryl/α,β-unsaturated/α-hetero) is 1. The summed E-state index contributed by atoms with van der Waals surface area (Å²) in [5, 5.41) is 4.09. The van der Waals surface area contributed by atoms with Crippen LogP contribution in [0.3, 0.4) is 0 Å². The van der Waals surface area contributed by atoms with Gasteiger partial charge in [0, 0.05) is 29.6 Å². The molecule has 0 amide bonds. The first-order valence-corrected chi connectivity index (χ1v) is 11.1. The van der Waals surface area contributed by atoms with Crippen molar-refractivity contribution in [3.05, 3.63) is 123 Å². The molecule has 178 valence electrons. The van der Waals surface area contributed by atoms with Crippen LogP contribution in [0.25, 0.3) is 0 Å². The van der Waals surface area contributed by atoms with Crippen LogP contribution in [0, 0.1) is 19.7 Å². The van der Waals surface area contributed by atoms with Crippen LogP contribution in [-0.2, 0) is 17.8 Å². The maximum atomic E-state index is 13.2. The van der Waals surface area contributed by atoms with E-state index in [4.69, 9.17) is 4.74 Å². The van der Waals surface area contributed by atoms with Crippen LogP contribution in [0.4, 0.5) is 4.39 Å². The van der Waals surface area contributed by atoms with Gasteiger partial charge in [0.1, 0.15) is 5.82 Å². The summed E-state index contributed by atoms with van der Waals surface area (Å²) in [5.74, 6) is -1.45. The lowest BCUT2D eigenvalue weighted by atomic mass is 10.1. The summed E-state index contributed by atoms with van der Waals surface area (Å²) in [7, 11) is 0. The van der Waals surface area contributed by atoms with E-state index in [1.807, 2.05) is 48.7 Å². The summed E-state index contributed by atoms with van der Waals surface area (Å²) < 4.78 is 21.5. The Labute approximate surface area is 201 Å². The van der Waals surface area contributed by atoms with E-state index in [1.54, 1.807) is 18.2 Å². The van der Waals surface area contributed by atoms with Crippen molar-refractivity contribution >= 4 is 11.8 Å². The lowest BCUT2D eigenvalue weighted by Crippen LogP contribution is -2.26. The fourth-order valence-electron chi connectivity index (χ4n) is 3.81. The second kappa shape index (κ2) is 10.3. The van der Waals surface area contributed by atoms with E-state index in [2.05, 4.69) is 5.10 Å². The van der Waals surface area contributed by atoms with E-state index < -0.39 is 12.6 Å². The molecule has 7 nitrogen and oxygen atoms in total. The van der Waals surface area contributed by atoms with Gasteiger partial charge in [-0.1, -0.05) is 42.5 Å². The number of halogens is 1. The number of aryl methyl sites for hydroxylation is 1. The zero-order valence-electron chi connectivity index (χ0n) is 19.4. The molecule has 0 saturated carbocycles. The molecule has 4 rings (SSSR count). The van der Waals surface area contributed by atoms with Crippen LogP contribution in [-0.4, -0.2) is 32.7 Å². The van der Waals surface area contributed by atoms with Gasteiger partial charge in [0.25, 0.3) is 5.56 Å². The van der Waals surface area contributed by atoms with Gasteiger partial charge in [0.05, 0.1) is 6.54 Å². The van der Waals surface area contributed by atoms with Gasteiger partial charge < -0.3 is 9.30 Å². The molecular formula is C27H24FN3O4. The normalized spacial score (nSPS) is 10.8. The Morgan fingerprint density at radius 1 is 0.914 bits per heavy atom. The highest BCUT2D eigenvalue weighted by Crippen LogP contribution is 2.18. The van der Waals surface area contributed by atoms with Crippen molar-refractivity contribution in [2.24, 2.45) is 0 Å². The Bertz CT molecular complexity index is 1420. The van der Waals surface area contributed by atoms with Gasteiger partial charge in [0.2, 0.25) is 5.78 Å². The van der Waals surface area contributed by atoms with Crippen LogP contribution >= 0.6 is 0 Å². The largest absolute Gasteiger partial charge is 0.453 e. The minimum Gasteiger partial charge on any atom is -0.453 e. The van der Waals surface area contributed by atoms with E-state index in [1.165, 1.54) is 28.9 Å².